The molecule has 0 amide bonds. The lowest BCUT2D eigenvalue weighted by Gasteiger charge is -2.23. The Hall–Kier alpha value is -3.13. The van der Waals surface area contributed by atoms with Crippen molar-refractivity contribution in [2.75, 3.05) is 26.4 Å². The molecule has 1 aromatic rings. The van der Waals surface area contributed by atoms with Gasteiger partial charge in [0.05, 0.1) is 12.0 Å². The molecule has 0 aliphatic carbocycles. The van der Waals surface area contributed by atoms with Crippen LogP contribution in [0.4, 0.5) is 0 Å². The van der Waals surface area contributed by atoms with Crippen LogP contribution in [0.3, 0.4) is 0 Å². The van der Waals surface area contributed by atoms with E-state index >= 15 is 0 Å². The van der Waals surface area contributed by atoms with Crippen molar-refractivity contribution in [3.8, 4) is 5.75 Å². The first-order valence-electron chi connectivity index (χ1n) is 9.74. The molecule has 1 rings (SSSR count). The third kappa shape index (κ3) is 9.48. The van der Waals surface area contributed by atoms with Crippen molar-refractivity contribution in [3.63, 3.8) is 0 Å². The van der Waals surface area contributed by atoms with Crippen molar-refractivity contribution in [1.29, 1.82) is 0 Å². The maximum absolute atomic E-state index is 12.3. The highest BCUT2D eigenvalue weighted by atomic mass is 16.6. The number of esters is 3. The van der Waals surface area contributed by atoms with Crippen LogP contribution in [0.2, 0.25) is 0 Å². The minimum Gasteiger partial charge on any atom is -0.490 e. The van der Waals surface area contributed by atoms with E-state index in [1.165, 1.54) is 6.92 Å². The maximum atomic E-state index is 12.3. The average molecular weight is 434 g/mol. The lowest BCUT2D eigenvalue weighted by atomic mass is 9.86. The van der Waals surface area contributed by atoms with Gasteiger partial charge < -0.3 is 24.1 Å². The minimum absolute atomic E-state index is 0.00711. The summed E-state index contributed by atoms with van der Waals surface area (Å²) in [6.07, 6.45) is -0.879. The van der Waals surface area contributed by atoms with Crippen molar-refractivity contribution in [1.82, 2.24) is 0 Å². The Balaban J connectivity index is 2.66. The Bertz CT molecular complexity index is 782. The Kier molecular flexibility index (Phi) is 10.5. The molecule has 1 atom stereocenters. The highest BCUT2D eigenvalue weighted by molar-refractivity contribution is 5.89. The highest BCUT2D eigenvalue weighted by Crippen LogP contribution is 2.27. The second-order valence-corrected chi connectivity index (χ2v) is 7.55. The number of benzene rings is 1. The van der Waals surface area contributed by atoms with Crippen LogP contribution >= 0.6 is 0 Å². The number of aliphatic hydroxyl groups is 1. The summed E-state index contributed by atoms with van der Waals surface area (Å²) < 4.78 is 21.0. The lowest BCUT2D eigenvalue weighted by molar-refractivity contribution is -0.157. The van der Waals surface area contributed by atoms with Crippen LogP contribution in [0.15, 0.2) is 54.6 Å². The van der Waals surface area contributed by atoms with Crippen LogP contribution in [0, 0.1) is 5.41 Å². The van der Waals surface area contributed by atoms with Crippen molar-refractivity contribution in [3.05, 3.63) is 54.6 Å². The third-order valence-corrected chi connectivity index (χ3v) is 4.02. The Morgan fingerprint density at radius 1 is 1.03 bits per heavy atom. The number of carbonyl (C=O) groups is 3. The van der Waals surface area contributed by atoms with E-state index in [1.807, 2.05) is 6.07 Å². The van der Waals surface area contributed by atoms with E-state index in [0.29, 0.717) is 5.75 Å². The molecule has 0 aromatic heterocycles. The molecule has 0 fully saturated rings. The van der Waals surface area contributed by atoms with Crippen LogP contribution in [-0.2, 0) is 28.6 Å². The maximum Gasteiger partial charge on any atom is 0.333 e. The molecule has 31 heavy (non-hydrogen) atoms. The molecule has 0 aliphatic rings. The molecule has 8 nitrogen and oxygen atoms in total. The largest absolute Gasteiger partial charge is 0.490 e. The fourth-order valence-corrected chi connectivity index (χ4v) is 2.36. The first-order chi connectivity index (χ1) is 14.6. The molecule has 0 spiro atoms. The molecular formula is C23H30O8. The van der Waals surface area contributed by atoms with Gasteiger partial charge in [-0.1, -0.05) is 31.4 Å². The molecule has 1 aromatic carbocycles. The van der Waals surface area contributed by atoms with Crippen LogP contribution < -0.4 is 4.74 Å². The number of carbonyl (C=O) groups excluding carboxylic acids is 3. The fourth-order valence-electron chi connectivity index (χ4n) is 2.36. The predicted molar refractivity (Wildman–Crippen MR) is 113 cm³/mol. The predicted octanol–water partition coefficient (Wildman–Crippen LogP) is 2.60. The monoisotopic (exact) mass is 434 g/mol. The van der Waals surface area contributed by atoms with E-state index < -0.39 is 29.4 Å². The highest BCUT2D eigenvalue weighted by Gasteiger charge is 2.32. The molecule has 0 saturated carbocycles. The van der Waals surface area contributed by atoms with Gasteiger partial charge >= 0.3 is 17.9 Å². The van der Waals surface area contributed by atoms with Gasteiger partial charge in [0.2, 0.25) is 0 Å². The summed E-state index contributed by atoms with van der Waals surface area (Å²) in [6.45, 7) is 11.2. The molecule has 8 heteroatoms. The van der Waals surface area contributed by atoms with E-state index in [4.69, 9.17) is 24.1 Å². The van der Waals surface area contributed by atoms with Crippen LogP contribution in [0.1, 0.15) is 27.2 Å². The zero-order valence-corrected chi connectivity index (χ0v) is 18.2. The number of hydrogen-bond donors (Lipinski definition) is 1. The summed E-state index contributed by atoms with van der Waals surface area (Å²) in [5.41, 5.74) is -0.781. The molecule has 0 radical (unpaired) electrons. The average Bonchev–Trinajstić information content (AvgIpc) is 2.73. The van der Waals surface area contributed by atoms with Gasteiger partial charge in [0.15, 0.2) is 6.10 Å². The van der Waals surface area contributed by atoms with Crippen LogP contribution in [0.5, 0.6) is 5.75 Å². The molecule has 0 heterocycles. The van der Waals surface area contributed by atoms with Crippen molar-refractivity contribution in [2.45, 2.75) is 33.3 Å². The van der Waals surface area contributed by atoms with Gasteiger partial charge in [-0.15, -0.1) is 0 Å². The van der Waals surface area contributed by atoms with Gasteiger partial charge in [-0.2, -0.15) is 0 Å². The van der Waals surface area contributed by atoms with Crippen LogP contribution in [-0.4, -0.2) is 55.5 Å². The first kappa shape index (κ1) is 25.9. The number of ether oxygens (including phenoxy) is 4. The Morgan fingerprint density at radius 3 is 2.26 bits per heavy atom. The van der Waals surface area contributed by atoms with Gasteiger partial charge in [-0.05, 0) is 39.3 Å². The van der Waals surface area contributed by atoms with Crippen molar-refractivity contribution >= 4 is 17.9 Å². The zero-order valence-electron chi connectivity index (χ0n) is 18.2. The molecule has 1 N–H and O–H groups in total. The molecule has 1 unspecified atom stereocenters. The summed E-state index contributed by atoms with van der Waals surface area (Å²) in [4.78, 5) is 36.3. The zero-order chi connectivity index (χ0) is 23.4. The number of hydrogen-bond acceptors (Lipinski definition) is 8. The number of aliphatic hydroxyl groups excluding tert-OH is 1. The van der Waals surface area contributed by atoms with Crippen molar-refractivity contribution in [2.24, 2.45) is 5.41 Å². The van der Waals surface area contributed by atoms with E-state index in [0.717, 1.165) is 0 Å². The van der Waals surface area contributed by atoms with Gasteiger partial charge in [-0.25, -0.2) is 9.59 Å². The second kappa shape index (κ2) is 12.5. The van der Waals surface area contributed by atoms with E-state index in [2.05, 4.69) is 13.2 Å². The fraction of sp³-hybridized carbons (Fsp3) is 0.435. The summed E-state index contributed by atoms with van der Waals surface area (Å²) >= 11 is 0. The normalized spacial score (nSPS) is 11.7. The van der Waals surface area contributed by atoms with Crippen molar-refractivity contribution < 1.29 is 38.4 Å². The molecular weight excluding hydrogens is 404 g/mol. The SMILES string of the molecule is C=C(C)C(=O)OC(COC(=O)C(=C)CC(C)(C)C(=O)OCCO)COc1ccccc1. The van der Waals surface area contributed by atoms with E-state index in [9.17, 15) is 14.4 Å². The topological polar surface area (TPSA) is 108 Å². The van der Waals surface area contributed by atoms with Crippen LogP contribution in [0.25, 0.3) is 0 Å². The minimum atomic E-state index is -1.03. The number of para-hydroxylation sites is 1. The summed E-state index contributed by atoms with van der Waals surface area (Å²) in [5, 5.41) is 8.77. The number of rotatable bonds is 13. The van der Waals surface area contributed by atoms with E-state index in [1.54, 1.807) is 38.1 Å². The molecule has 0 bridgehead atoms. The lowest BCUT2D eigenvalue weighted by Crippen LogP contribution is -2.32. The Morgan fingerprint density at radius 2 is 1.68 bits per heavy atom. The Labute approximate surface area is 182 Å². The molecule has 170 valence electrons. The summed E-state index contributed by atoms with van der Waals surface area (Å²) in [7, 11) is 0. The molecule has 0 saturated heterocycles. The quantitative estimate of drug-likeness (QED) is 0.287. The second-order valence-electron chi connectivity index (χ2n) is 7.55. The molecule has 0 aliphatic heterocycles. The van der Waals surface area contributed by atoms with Gasteiger partial charge in [-0.3, -0.25) is 4.79 Å². The van der Waals surface area contributed by atoms with E-state index in [-0.39, 0.29) is 44.0 Å². The standard InChI is InChI=1S/C23H30O8/c1-16(2)20(25)31-19(14-29-18-9-7-6-8-10-18)15-30-21(26)17(3)13-23(4,5)22(27)28-12-11-24/h6-10,19,24H,1,3,11-15H2,2,4-5H3. The summed E-state index contributed by atoms with van der Waals surface area (Å²) in [5.74, 6) is -1.37. The third-order valence-electron chi connectivity index (χ3n) is 4.02. The summed E-state index contributed by atoms with van der Waals surface area (Å²) in [6, 6.07) is 8.90. The van der Waals surface area contributed by atoms with Gasteiger partial charge in [0, 0.05) is 11.1 Å². The smallest absolute Gasteiger partial charge is 0.333 e. The van der Waals surface area contributed by atoms with Gasteiger partial charge in [0.1, 0.15) is 25.6 Å². The van der Waals surface area contributed by atoms with Gasteiger partial charge in [0.25, 0.3) is 0 Å². The first-order valence-corrected chi connectivity index (χ1v) is 9.74.